The maximum atomic E-state index is 11.8. The average molecular weight is 263 g/mol. The minimum absolute atomic E-state index is 0.0691. The number of hydrogen-bond acceptors (Lipinski definition) is 6. The number of nitrogens with zero attached hydrogens (tertiary/aromatic N) is 3. The van der Waals surface area contributed by atoms with Gasteiger partial charge in [0.1, 0.15) is 0 Å². The Balaban J connectivity index is 2.35. The van der Waals surface area contributed by atoms with Gasteiger partial charge in [-0.2, -0.15) is 4.98 Å². The number of aromatic amines is 1. The summed E-state index contributed by atoms with van der Waals surface area (Å²) in [6, 6.07) is 0. The van der Waals surface area contributed by atoms with E-state index >= 15 is 0 Å². The normalized spacial score (nSPS) is 10.6. The third kappa shape index (κ3) is 2.84. The average Bonchev–Trinajstić information content (AvgIpc) is 2.31. The molecule has 0 aliphatic heterocycles. The fraction of sp³-hybridized carbons (Fsp3) is 0.364. The summed E-state index contributed by atoms with van der Waals surface area (Å²) >= 11 is 0. The Labute approximate surface area is 107 Å². The first-order chi connectivity index (χ1) is 8.97. The predicted molar refractivity (Wildman–Crippen MR) is 68.2 cm³/mol. The van der Waals surface area contributed by atoms with Gasteiger partial charge < -0.3 is 10.4 Å². The lowest BCUT2D eigenvalue weighted by atomic mass is 10.3. The van der Waals surface area contributed by atoms with Crippen molar-refractivity contribution in [3.63, 3.8) is 0 Å². The maximum Gasteiger partial charge on any atom is 0.305 e. The Morgan fingerprint density at radius 2 is 1.95 bits per heavy atom. The van der Waals surface area contributed by atoms with Crippen molar-refractivity contribution in [2.75, 3.05) is 11.9 Å². The van der Waals surface area contributed by atoms with Gasteiger partial charge in [-0.15, -0.1) is 0 Å². The van der Waals surface area contributed by atoms with Gasteiger partial charge in [0.15, 0.2) is 11.2 Å². The Morgan fingerprint density at radius 1 is 1.26 bits per heavy atom. The molecule has 2 rings (SSSR count). The number of carboxylic acids is 1. The number of carboxylic acid groups (broad SMARTS) is 1. The second kappa shape index (κ2) is 5.01. The highest BCUT2D eigenvalue weighted by Crippen LogP contribution is 2.07. The van der Waals surface area contributed by atoms with Crippen molar-refractivity contribution in [2.45, 2.75) is 20.3 Å². The number of aromatic nitrogens is 4. The fourth-order valence-electron chi connectivity index (χ4n) is 1.49. The maximum absolute atomic E-state index is 11.8. The number of fused-ring (bicyclic) bond motifs is 1. The molecule has 19 heavy (non-hydrogen) atoms. The van der Waals surface area contributed by atoms with Crippen LogP contribution in [-0.2, 0) is 4.79 Å². The second-order valence-corrected chi connectivity index (χ2v) is 4.05. The summed E-state index contributed by atoms with van der Waals surface area (Å²) in [5.41, 5.74) is 1.38. The summed E-state index contributed by atoms with van der Waals surface area (Å²) in [5.74, 6) is -0.738. The van der Waals surface area contributed by atoms with Crippen LogP contribution in [0.3, 0.4) is 0 Å². The Morgan fingerprint density at radius 3 is 2.63 bits per heavy atom. The van der Waals surface area contributed by atoms with Crippen molar-refractivity contribution < 1.29 is 9.90 Å². The summed E-state index contributed by atoms with van der Waals surface area (Å²) in [5, 5.41) is 11.3. The third-order valence-electron chi connectivity index (χ3n) is 2.58. The van der Waals surface area contributed by atoms with E-state index in [-0.39, 0.29) is 30.1 Å². The van der Waals surface area contributed by atoms with Crippen molar-refractivity contribution in [3.05, 3.63) is 21.7 Å². The summed E-state index contributed by atoms with van der Waals surface area (Å²) < 4.78 is 0. The van der Waals surface area contributed by atoms with Crippen molar-refractivity contribution >= 4 is 23.1 Å². The van der Waals surface area contributed by atoms with E-state index < -0.39 is 11.5 Å². The summed E-state index contributed by atoms with van der Waals surface area (Å²) in [4.78, 5) is 37.1. The van der Waals surface area contributed by atoms with Gasteiger partial charge in [-0.1, -0.05) is 0 Å². The van der Waals surface area contributed by atoms with Crippen LogP contribution in [0.15, 0.2) is 4.79 Å². The molecule has 0 atom stereocenters. The van der Waals surface area contributed by atoms with Gasteiger partial charge in [0.2, 0.25) is 5.95 Å². The first kappa shape index (κ1) is 12.9. The number of anilines is 1. The van der Waals surface area contributed by atoms with E-state index in [2.05, 4.69) is 25.3 Å². The number of H-pyrrole nitrogens is 1. The number of rotatable bonds is 4. The molecule has 0 spiro atoms. The molecular formula is C11H13N5O3. The highest BCUT2D eigenvalue weighted by Gasteiger charge is 2.08. The van der Waals surface area contributed by atoms with E-state index in [0.29, 0.717) is 11.4 Å². The molecule has 2 aromatic heterocycles. The topological polar surface area (TPSA) is 121 Å². The van der Waals surface area contributed by atoms with Crippen LogP contribution in [0.2, 0.25) is 0 Å². The van der Waals surface area contributed by atoms with Gasteiger partial charge in [0.05, 0.1) is 17.8 Å². The summed E-state index contributed by atoms with van der Waals surface area (Å²) in [6.07, 6.45) is -0.0691. The van der Waals surface area contributed by atoms with Crippen LogP contribution in [0.25, 0.3) is 11.2 Å². The van der Waals surface area contributed by atoms with E-state index in [1.807, 2.05) is 0 Å². The monoisotopic (exact) mass is 263 g/mol. The zero-order chi connectivity index (χ0) is 14.0. The molecule has 8 nitrogen and oxygen atoms in total. The summed E-state index contributed by atoms with van der Waals surface area (Å²) in [7, 11) is 0. The molecule has 0 unspecified atom stereocenters. The lowest BCUT2D eigenvalue weighted by Crippen LogP contribution is -2.17. The first-order valence-electron chi connectivity index (χ1n) is 5.68. The van der Waals surface area contributed by atoms with Crippen LogP contribution in [0.4, 0.5) is 5.95 Å². The molecule has 0 aliphatic rings. The molecule has 0 bridgehead atoms. The van der Waals surface area contributed by atoms with E-state index in [9.17, 15) is 9.59 Å². The number of hydrogen-bond donors (Lipinski definition) is 3. The first-order valence-corrected chi connectivity index (χ1v) is 5.68. The standard InChI is InChI=1S/C11H13N5O3/c1-5-6(2)14-9-8(13-5)10(19)16-11(15-9)12-4-3-7(17)18/h3-4H2,1-2H3,(H,17,18)(H2,12,14,15,16,19). The van der Waals surface area contributed by atoms with Gasteiger partial charge in [-0.05, 0) is 13.8 Å². The molecule has 0 aliphatic carbocycles. The van der Waals surface area contributed by atoms with Crippen molar-refractivity contribution in [1.29, 1.82) is 0 Å². The molecular weight excluding hydrogens is 250 g/mol. The second-order valence-electron chi connectivity index (χ2n) is 4.05. The van der Waals surface area contributed by atoms with E-state index in [0.717, 1.165) is 0 Å². The summed E-state index contributed by atoms with van der Waals surface area (Å²) in [6.45, 7) is 3.71. The van der Waals surface area contributed by atoms with Crippen molar-refractivity contribution in [2.24, 2.45) is 0 Å². The predicted octanol–water partition coefficient (Wildman–Crippen LogP) is 0.217. The number of aliphatic carboxylic acids is 1. The van der Waals surface area contributed by atoms with Gasteiger partial charge in [-0.3, -0.25) is 14.6 Å². The zero-order valence-corrected chi connectivity index (χ0v) is 10.5. The van der Waals surface area contributed by atoms with Crippen LogP contribution in [0.5, 0.6) is 0 Å². The van der Waals surface area contributed by atoms with E-state index in [1.54, 1.807) is 13.8 Å². The van der Waals surface area contributed by atoms with Gasteiger partial charge in [0.25, 0.3) is 5.56 Å². The Kier molecular flexibility index (Phi) is 3.41. The van der Waals surface area contributed by atoms with Gasteiger partial charge in [0, 0.05) is 6.54 Å². The molecule has 2 aromatic rings. The fourth-order valence-corrected chi connectivity index (χ4v) is 1.49. The molecule has 0 saturated heterocycles. The Hall–Kier alpha value is -2.51. The molecule has 0 aromatic carbocycles. The van der Waals surface area contributed by atoms with Gasteiger partial charge in [-0.25, -0.2) is 9.97 Å². The molecule has 0 radical (unpaired) electrons. The van der Waals surface area contributed by atoms with Crippen LogP contribution in [0, 0.1) is 13.8 Å². The smallest absolute Gasteiger partial charge is 0.305 e. The van der Waals surface area contributed by atoms with Crippen LogP contribution in [0.1, 0.15) is 17.8 Å². The SMILES string of the molecule is Cc1nc2nc(NCCC(=O)O)[nH]c(=O)c2nc1C. The minimum Gasteiger partial charge on any atom is -0.481 e. The largest absolute Gasteiger partial charge is 0.481 e. The van der Waals surface area contributed by atoms with Crippen molar-refractivity contribution in [1.82, 2.24) is 19.9 Å². The van der Waals surface area contributed by atoms with Gasteiger partial charge >= 0.3 is 5.97 Å². The molecule has 0 fully saturated rings. The zero-order valence-electron chi connectivity index (χ0n) is 10.5. The number of aryl methyl sites for hydroxylation is 2. The third-order valence-corrected chi connectivity index (χ3v) is 2.58. The number of nitrogens with one attached hydrogen (secondary N) is 2. The minimum atomic E-state index is -0.929. The molecule has 3 N–H and O–H groups in total. The lowest BCUT2D eigenvalue weighted by Gasteiger charge is -2.05. The molecule has 0 saturated carbocycles. The highest BCUT2D eigenvalue weighted by molar-refractivity contribution is 5.70. The quantitative estimate of drug-likeness (QED) is 0.721. The number of carbonyl (C=O) groups is 1. The van der Waals surface area contributed by atoms with Crippen molar-refractivity contribution in [3.8, 4) is 0 Å². The Bertz CT molecular complexity index is 695. The lowest BCUT2D eigenvalue weighted by molar-refractivity contribution is -0.136. The van der Waals surface area contributed by atoms with Crippen LogP contribution >= 0.6 is 0 Å². The van der Waals surface area contributed by atoms with E-state index in [4.69, 9.17) is 5.11 Å². The highest BCUT2D eigenvalue weighted by atomic mass is 16.4. The molecule has 0 amide bonds. The van der Waals surface area contributed by atoms with E-state index in [1.165, 1.54) is 0 Å². The van der Waals surface area contributed by atoms with Crippen LogP contribution in [-0.4, -0.2) is 37.6 Å². The molecule has 8 heteroatoms. The molecule has 2 heterocycles. The van der Waals surface area contributed by atoms with Crippen LogP contribution < -0.4 is 10.9 Å². The molecule has 100 valence electrons.